The Kier molecular flexibility index (Phi) is 12.4. The predicted molar refractivity (Wildman–Crippen MR) is 110 cm³/mol. The number of amides is 3. The standard InChI is InChI=1S/C19H34N4O8/c1-5-9(3)14(18(29)23-15(19(30)31)10(4)6-2)22-17(28)12(8-24)21-16(27)11(20)7-13(25)26/h9-12,14-15,24H,5-8,20H2,1-4H3,(H,21,27)(H,22,28)(H,23,29)(H,25,26)(H,30,31). The molecule has 0 aliphatic carbocycles. The van der Waals surface area contributed by atoms with Gasteiger partial charge in [0.1, 0.15) is 18.1 Å². The van der Waals surface area contributed by atoms with Crippen molar-refractivity contribution >= 4 is 29.7 Å². The lowest BCUT2D eigenvalue weighted by Gasteiger charge is -2.28. The van der Waals surface area contributed by atoms with Crippen LogP contribution in [0.15, 0.2) is 0 Å². The van der Waals surface area contributed by atoms with E-state index in [2.05, 4.69) is 16.0 Å². The van der Waals surface area contributed by atoms with E-state index in [0.29, 0.717) is 12.8 Å². The summed E-state index contributed by atoms with van der Waals surface area (Å²) in [5, 5.41) is 34.6. The monoisotopic (exact) mass is 446 g/mol. The van der Waals surface area contributed by atoms with E-state index in [9.17, 15) is 34.2 Å². The summed E-state index contributed by atoms with van der Waals surface area (Å²) in [5.41, 5.74) is 5.44. The zero-order valence-electron chi connectivity index (χ0n) is 18.3. The van der Waals surface area contributed by atoms with Gasteiger partial charge in [0.25, 0.3) is 0 Å². The molecule has 12 nitrogen and oxygen atoms in total. The lowest BCUT2D eigenvalue weighted by Crippen LogP contribution is -2.60. The van der Waals surface area contributed by atoms with E-state index in [1.807, 2.05) is 0 Å². The number of nitrogens with one attached hydrogen (secondary N) is 3. The van der Waals surface area contributed by atoms with Gasteiger partial charge in [0.2, 0.25) is 17.7 Å². The maximum atomic E-state index is 12.8. The number of hydrogen-bond acceptors (Lipinski definition) is 7. The van der Waals surface area contributed by atoms with Crippen molar-refractivity contribution in [2.75, 3.05) is 6.61 Å². The Morgan fingerprint density at radius 3 is 1.71 bits per heavy atom. The number of aliphatic hydroxyl groups is 1. The highest BCUT2D eigenvalue weighted by Crippen LogP contribution is 2.12. The molecule has 6 unspecified atom stereocenters. The lowest BCUT2D eigenvalue weighted by atomic mass is 9.95. The normalized spacial score (nSPS) is 16.7. The van der Waals surface area contributed by atoms with Gasteiger partial charge in [-0.3, -0.25) is 19.2 Å². The summed E-state index contributed by atoms with van der Waals surface area (Å²) in [5.74, 6) is -5.81. The van der Waals surface area contributed by atoms with Gasteiger partial charge in [-0.05, 0) is 11.8 Å². The first-order valence-corrected chi connectivity index (χ1v) is 10.1. The van der Waals surface area contributed by atoms with Crippen LogP contribution in [0.3, 0.4) is 0 Å². The van der Waals surface area contributed by atoms with Gasteiger partial charge in [-0.2, -0.15) is 0 Å². The van der Waals surface area contributed by atoms with Crippen molar-refractivity contribution < 1.29 is 39.3 Å². The SMILES string of the molecule is CCC(C)C(NC(=O)C(NC(=O)C(CO)NC(=O)C(N)CC(=O)O)C(C)CC)C(=O)O. The number of carboxylic acids is 2. The van der Waals surface area contributed by atoms with E-state index in [4.69, 9.17) is 10.8 Å². The van der Waals surface area contributed by atoms with Gasteiger partial charge in [0, 0.05) is 0 Å². The van der Waals surface area contributed by atoms with Crippen LogP contribution < -0.4 is 21.7 Å². The van der Waals surface area contributed by atoms with Gasteiger partial charge in [-0.25, -0.2) is 4.79 Å². The molecule has 0 aromatic rings. The molecule has 0 radical (unpaired) electrons. The van der Waals surface area contributed by atoms with Crippen LogP contribution in [0.4, 0.5) is 0 Å². The summed E-state index contributed by atoms with van der Waals surface area (Å²) in [7, 11) is 0. The van der Waals surface area contributed by atoms with Crippen molar-refractivity contribution in [3.63, 3.8) is 0 Å². The fourth-order valence-corrected chi connectivity index (χ4v) is 2.64. The quantitative estimate of drug-likeness (QED) is 0.164. The Hall–Kier alpha value is -2.73. The molecule has 0 fully saturated rings. The molecule has 0 rings (SSSR count). The third-order valence-electron chi connectivity index (χ3n) is 5.12. The molecule has 0 aromatic carbocycles. The van der Waals surface area contributed by atoms with Crippen LogP contribution in [0.2, 0.25) is 0 Å². The van der Waals surface area contributed by atoms with Crippen molar-refractivity contribution in [2.45, 2.75) is 71.1 Å². The van der Waals surface area contributed by atoms with E-state index in [1.165, 1.54) is 0 Å². The minimum atomic E-state index is -1.48. The minimum Gasteiger partial charge on any atom is -0.481 e. The Bertz CT molecular complexity index is 657. The molecule has 31 heavy (non-hydrogen) atoms. The number of aliphatic hydroxyl groups excluding tert-OH is 1. The molecule has 3 amide bonds. The van der Waals surface area contributed by atoms with Gasteiger partial charge in [0.05, 0.1) is 19.1 Å². The molecule has 0 saturated carbocycles. The number of rotatable bonds is 14. The average Bonchev–Trinajstić information content (AvgIpc) is 2.71. The van der Waals surface area contributed by atoms with Crippen LogP contribution in [0, 0.1) is 11.8 Å². The van der Waals surface area contributed by atoms with Crippen LogP contribution >= 0.6 is 0 Å². The summed E-state index contributed by atoms with van der Waals surface area (Å²) >= 11 is 0. The zero-order chi connectivity index (χ0) is 24.3. The topological polar surface area (TPSA) is 208 Å². The molecule has 12 heteroatoms. The zero-order valence-corrected chi connectivity index (χ0v) is 18.3. The smallest absolute Gasteiger partial charge is 0.326 e. The van der Waals surface area contributed by atoms with Gasteiger partial charge >= 0.3 is 11.9 Å². The third kappa shape index (κ3) is 9.30. The molecule has 0 saturated heterocycles. The van der Waals surface area contributed by atoms with Crippen molar-refractivity contribution in [2.24, 2.45) is 17.6 Å². The summed E-state index contributed by atoms with van der Waals surface area (Å²) < 4.78 is 0. The lowest BCUT2D eigenvalue weighted by molar-refractivity contribution is -0.144. The molecular formula is C19H34N4O8. The highest BCUT2D eigenvalue weighted by molar-refractivity contribution is 5.94. The number of carboxylic acid groups (broad SMARTS) is 2. The highest BCUT2D eigenvalue weighted by Gasteiger charge is 2.34. The molecule has 0 aliphatic heterocycles. The fourth-order valence-electron chi connectivity index (χ4n) is 2.64. The first kappa shape index (κ1) is 28.3. The van der Waals surface area contributed by atoms with Crippen molar-refractivity contribution in [3.05, 3.63) is 0 Å². The molecule has 178 valence electrons. The number of nitrogens with two attached hydrogens (primary N) is 1. The predicted octanol–water partition coefficient (Wildman–Crippen LogP) is -1.59. The average molecular weight is 447 g/mol. The molecule has 0 aromatic heterocycles. The second-order valence-corrected chi connectivity index (χ2v) is 7.53. The number of aliphatic carboxylic acids is 2. The van der Waals surface area contributed by atoms with Crippen molar-refractivity contribution in [3.8, 4) is 0 Å². The Morgan fingerprint density at radius 2 is 1.29 bits per heavy atom. The third-order valence-corrected chi connectivity index (χ3v) is 5.12. The molecule has 6 atom stereocenters. The largest absolute Gasteiger partial charge is 0.481 e. The van der Waals surface area contributed by atoms with E-state index in [1.54, 1.807) is 27.7 Å². The first-order chi connectivity index (χ1) is 14.4. The maximum absolute atomic E-state index is 12.8. The number of carbonyl (C=O) groups is 5. The van der Waals surface area contributed by atoms with Gasteiger partial charge in [-0.1, -0.05) is 40.5 Å². The van der Waals surface area contributed by atoms with Crippen molar-refractivity contribution in [1.29, 1.82) is 0 Å². The van der Waals surface area contributed by atoms with E-state index >= 15 is 0 Å². The van der Waals surface area contributed by atoms with E-state index in [-0.39, 0.29) is 11.8 Å². The Morgan fingerprint density at radius 1 is 0.806 bits per heavy atom. The summed E-state index contributed by atoms with van der Waals surface area (Å²) in [6.45, 7) is 6.09. The van der Waals surface area contributed by atoms with Gasteiger partial charge in [0.15, 0.2) is 0 Å². The molecule has 0 bridgehead atoms. The van der Waals surface area contributed by atoms with E-state index in [0.717, 1.165) is 0 Å². The van der Waals surface area contributed by atoms with Crippen LogP contribution in [0.25, 0.3) is 0 Å². The minimum absolute atomic E-state index is 0.352. The molecule has 0 aliphatic rings. The maximum Gasteiger partial charge on any atom is 0.326 e. The van der Waals surface area contributed by atoms with Crippen LogP contribution in [-0.4, -0.2) is 75.8 Å². The summed E-state index contributed by atoms with van der Waals surface area (Å²) in [6, 6.07) is -5.18. The molecular weight excluding hydrogens is 412 g/mol. The van der Waals surface area contributed by atoms with Crippen molar-refractivity contribution in [1.82, 2.24) is 16.0 Å². The first-order valence-electron chi connectivity index (χ1n) is 10.1. The number of carbonyl (C=O) groups excluding carboxylic acids is 3. The molecule has 8 N–H and O–H groups in total. The highest BCUT2D eigenvalue weighted by atomic mass is 16.4. The van der Waals surface area contributed by atoms with Crippen LogP contribution in [-0.2, 0) is 24.0 Å². The van der Waals surface area contributed by atoms with Crippen LogP contribution in [0.1, 0.15) is 47.0 Å². The Labute approximate surface area is 180 Å². The second kappa shape index (κ2) is 13.5. The summed E-state index contributed by atoms with van der Waals surface area (Å²) in [4.78, 5) is 59.4. The Balaban J connectivity index is 5.37. The molecule has 0 heterocycles. The van der Waals surface area contributed by atoms with Gasteiger partial charge in [-0.15, -0.1) is 0 Å². The number of hydrogen-bond donors (Lipinski definition) is 7. The fraction of sp³-hybridized carbons (Fsp3) is 0.737. The van der Waals surface area contributed by atoms with Crippen LogP contribution in [0.5, 0.6) is 0 Å². The second-order valence-electron chi connectivity index (χ2n) is 7.53. The van der Waals surface area contributed by atoms with E-state index < -0.39 is 66.9 Å². The van der Waals surface area contributed by atoms with Gasteiger partial charge < -0.3 is 37.0 Å². The molecule has 0 spiro atoms. The summed E-state index contributed by atoms with van der Waals surface area (Å²) in [6.07, 6.45) is 0.307.